The topological polar surface area (TPSA) is 27.4 Å². The van der Waals surface area contributed by atoms with Crippen molar-refractivity contribution in [3.63, 3.8) is 0 Å². The number of likely N-dealkylation sites (N-methyl/N-ethyl adjacent to an activating group) is 1. The van der Waals surface area contributed by atoms with Crippen LogP contribution in [0.5, 0.6) is 0 Å². The van der Waals surface area contributed by atoms with Crippen LogP contribution in [0.2, 0.25) is 0 Å². The van der Waals surface area contributed by atoms with Gasteiger partial charge in [-0.1, -0.05) is 6.07 Å². The average Bonchev–Trinajstić information content (AvgIpc) is 2.33. The molecule has 0 saturated carbocycles. The van der Waals surface area contributed by atoms with Gasteiger partial charge in [-0.05, 0) is 13.0 Å². The third kappa shape index (κ3) is 0.830. The van der Waals surface area contributed by atoms with Gasteiger partial charge >= 0.3 is 0 Å². The van der Waals surface area contributed by atoms with Gasteiger partial charge in [0.05, 0.1) is 13.2 Å². The van der Waals surface area contributed by atoms with Gasteiger partial charge in [0.1, 0.15) is 0 Å². The molecule has 2 atom stereocenters. The standard InChI is InChI=1S/C9H13N2O/c1-7-9(12)11-6-4-3-5-8(11)10(7)2/h3-7,9,12H,1-2H3/q+1. The lowest BCUT2D eigenvalue weighted by Crippen LogP contribution is -2.38. The number of rotatable bonds is 0. The van der Waals surface area contributed by atoms with Crippen molar-refractivity contribution in [1.82, 2.24) is 0 Å². The summed E-state index contributed by atoms with van der Waals surface area (Å²) in [6.45, 7) is 2.01. The smallest absolute Gasteiger partial charge is 0.279 e. The van der Waals surface area contributed by atoms with Gasteiger partial charge in [0.15, 0.2) is 6.04 Å². The highest BCUT2D eigenvalue weighted by molar-refractivity contribution is 5.35. The molecule has 2 unspecified atom stereocenters. The van der Waals surface area contributed by atoms with Crippen molar-refractivity contribution in [3.05, 3.63) is 24.4 Å². The van der Waals surface area contributed by atoms with Crippen LogP contribution in [-0.4, -0.2) is 18.2 Å². The van der Waals surface area contributed by atoms with Crippen molar-refractivity contribution in [2.45, 2.75) is 19.2 Å². The third-order valence-electron chi connectivity index (χ3n) is 2.56. The molecule has 0 radical (unpaired) electrons. The number of anilines is 1. The molecule has 3 nitrogen and oxygen atoms in total. The molecule has 1 aliphatic rings. The maximum atomic E-state index is 9.74. The van der Waals surface area contributed by atoms with Crippen LogP contribution in [-0.2, 0) is 0 Å². The van der Waals surface area contributed by atoms with E-state index in [2.05, 4.69) is 4.90 Å². The second-order valence-corrected chi connectivity index (χ2v) is 3.23. The van der Waals surface area contributed by atoms with E-state index in [1.54, 1.807) is 0 Å². The first-order valence-corrected chi connectivity index (χ1v) is 4.13. The molecule has 64 valence electrons. The lowest BCUT2D eigenvalue weighted by atomic mass is 10.3. The number of aliphatic hydroxyl groups is 1. The molecule has 0 aliphatic carbocycles. The number of hydrogen-bond acceptors (Lipinski definition) is 2. The van der Waals surface area contributed by atoms with Gasteiger partial charge < -0.3 is 5.11 Å². The highest BCUT2D eigenvalue weighted by Gasteiger charge is 2.39. The second-order valence-electron chi connectivity index (χ2n) is 3.23. The maximum absolute atomic E-state index is 9.74. The van der Waals surface area contributed by atoms with E-state index in [1.165, 1.54) is 0 Å². The van der Waals surface area contributed by atoms with Crippen LogP contribution >= 0.6 is 0 Å². The van der Waals surface area contributed by atoms with Crippen molar-refractivity contribution < 1.29 is 9.67 Å². The highest BCUT2D eigenvalue weighted by atomic mass is 16.3. The summed E-state index contributed by atoms with van der Waals surface area (Å²) in [5.41, 5.74) is 0. The molecule has 2 rings (SSSR count). The summed E-state index contributed by atoms with van der Waals surface area (Å²) in [6, 6.07) is 6.07. The van der Waals surface area contributed by atoms with E-state index >= 15 is 0 Å². The Morgan fingerprint density at radius 3 is 2.92 bits per heavy atom. The largest absolute Gasteiger partial charge is 0.352 e. The van der Waals surface area contributed by atoms with Crippen molar-refractivity contribution in [2.75, 3.05) is 11.9 Å². The maximum Gasteiger partial charge on any atom is 0.279 e. The molecule has 0 saturated heterocycles. The van der Waals surface area contributed by atoms with Gasteiger partial charge in [0, 0.05) is 6.07 Å². The Bertz CT molecular complexity index is 271. The molecule has 2 heterocycles. The normalized spacial score (nSPS) is 27.4. The Labute approximate surface area is 71.9 Å². The minimum absolute atomic E-state index is 0.160. The molecule has 12 heavy (non-hydrogen) atoms. The fraction of sp³-hybridized carbons (Fsp3) is 0.444. The van der Waals surface area contributed by atoms with Gasteiger partial charge in [0.2, 0.25) is 6.23 Å². The minimum atomic E-state index is -0.411. The molecular formula is C9H13N2O+. The zero-order valence-electron chi connectivity index (χ0n) is 7.31. The van der Waals surface area contributed by atoms with Crippen LogP contribution in [0.4, 0.5) is 5.82 Å². The summed E-state index contributed by atoms with van der Waals surface area (Å²) in [5.74, 6) is 1.07. The summed E-state index contributed by atoms with van der Waals surface area (Å²) >= 11 is 0. The molecule has 1 aliphatic heterocycles. The van der Waals surface area contributed by atoms with Gasteiger partial charge in [0.25, 0.3) is 5.82 Å². The quantitative estimate of drug-likeness (QED) is 0.560. The van der Waals surface area contributed by atoms with E-state index in [0.29, 0.717) is 0 Å². The number of nitrogens with zero attached hydrogens (tertiary/aromatic N) is 2. The summed E-state index contributed by atoms with van der Waals surface area (Å²) in [7, 11) is 1.99. The van der Waals surface area contributed by atoms with Crippen LogP contribution in [0.25, 0.3) is 0 Å². The Morgan fingerprint density at radius 2 is 2.25 bits per heavy atom. The van der Waals surface area contributed by atoms with Gasteiger partial charge in [-0.2, -0.15) is 0 Å². The van der Waals surface area contributed by atoms with Crippen molar-refractivity contribution >= 4 is 5.82 Å². The van der Waals surface area contributed by atoms with Crippen molar-refractivity contribution in [2.24, 2.45) is 0 Å². The molecule has 1 N–H and O–H groups in total. The fourth-order valence-corrected chi connectivity index (χ4v) is 1.61. The lowest BCUT2D eigenvalue weighted by Gasteiger charge is -2.08. The zero-order valence-corrected chi connectivity index (χ0v) is 7.31. The summed E-state index contributed by atoms with van der Waals surface area (Å²) < 4.78 is 1.88. The third-order valence-corrected chi connectivity index (χ3v) is 2.56. The molecule has 1 aromatic rings. The molecule has 0 amide bonds. The fourth-order valence-electron chi connectivity index (χ4n) is 1.61. The van der Waals surface area contributed by atoms with Crippen molar-refractivity contribution in [3.8, 4) is 0 Å². The first-order chi connectivity index (χ1) is 5.72. The Balaban J connectivity index is 2.52. The number of aliphatic hydroxyl groups excluding tert-OH is 1. The summed E-state index contributed by atoms with van der Waals surface area (Å²) in [6.07, 6.45) is 1.49. The molecule has 0 bridgehead atoms. The molecule has 0 spiro atoms. The zero-order chi connectivity index (χ0) is 8.72. The summed E-state index contributed by atoms with van der Waals surface area (Å²) in [5, 5.41) is 9.74. The predicted octanol–water partition coefficient (Wildman–Crippen LogP) is 0.303. The van der Waals surface area contributed by atoms with Gasteiger partial charge in [-0.25, -0.2) is 4.57 Å². The van der Waals surface area contributed by atoms with E-state index in [1.807, 2.05) is 42.9 Å². The number of hydrogen-bond donors (Lipinski definition) is 1. The van der Waals surface area contributed by atoms with Crippen molar-refractivity contribution in [1.29, 1.82) is 0 Å². The molecule has 0 fully saturated rings. The number of pyridine rings is 1. The number of aromatic nitrogens is 1. The van der Waals surface area contributed by atoms with Crippen LogP contribution < -0.4 is 9.47 Å². The Morgan fingerprint density at radius 1 is 1.50 bits per heavy atom. The SMILES string of the molecule is CC1C(O)[n+]2ccccc2N1C. The first-order valence-electron chi connectivity index (χ1n) is 4.13. The summed E-state index contributed by atoms with van der Waals surface area (Å²) in [4.78, 5) is 2.07. The van der Waals surface area contributed by atoms with E-state index in [0.717, 1.165) is 5.82 Å². The molecule has 3 heteroatoms. The van der Waals surface area contributed by atoms with Crippen LogP contribution in [0.3, 0.4) is 0 Å². The first kappa shape index (κ1) is 7.55. The highest BCUT2D eigenvalue weighted by Crippen LogP contribution is 2.22. The monoisotopic (exact) mass is 165 g/mol. The van der Waals surface area contributed by atoms with Gasteiger partial charge in [-0.15, -0.1) is 0 Å². The van der Waals surface area contributed by atoms with Crippen LogP contribution in [0.1, 0.15) is 13.2 Å². The second kappa shape index (κ2) is 2.45. The molecular weight excluding hydrogens is 152 g/mol. The molecule has 0 aromatic carbocycles. The predicted molar refractivity (Wildman–Crippen MR) is 45.8 cm³/mol. The van der Waals surface area contributed by atoms with E-state index < -0.39 is 6.23 Å². The van der Waals surface area contributed by atoms with Gasteiger partial charge in [-0.3, -0.25) is 4.90 Å². The lowest BCUT2D eigenvalue weighted by molar-refractivity contribution is -0.737. The van der Waals surface area contributed by atoms with E-state index in [-0.39, 0.29) is 6.04 Å². The Kier molecular flexibility index (Phi) is 1.54. The molecule has 1 aromatic heterocycles. The number of fused-ring (bicyclic) bond motifs is 1. The van der Waals surface area contributed by atoms with E-state index in [9.17, 15) is 5.11 Å². The van der Waals surface area contributed by atoms with Crippen LogP contribution in [0.15, 0.2) is 24.4 Å². The Hall–Kier alpha value is -1.09. The average molecular weight is 165 g/mol. The van der Waals surface area contributed by atoms with Crippen LogP contribution in [0, 0.1) is 0 Å². The minimum Gasteiger partial charge on any atom is -0.352 e. The van der Waals surface area contributed by atoms with E-state index in [4.69, 9.17) is 0 Å².